The number of rotatable bonds is 6. The fraction of sp³-hybridized carbons (Fsp3) is 0.263. The van der Waals surface area contributed by atoms with Crippen molar-refractivity contribution < 1.29 is 26.4 Å². The van der Waals surface area contributed by atoms with Crippen molar-refractivity contribution in [1.82, 2.24) is 14.7 Å². The third kappa shape index (κ3) is 5.57. The van der Waals surface area contributed by atoms with E-state index in [0.29, 0.717) is 28.9 Å². The van der Waals surface area contributed by atoms with Crippen LogP contribution in [0, 0.1) is 0 Å². The summed E-state index contributed by atoms with van der Waals surface area (Å²) in [4.78, 5) is 16.4. The van der Waals surface area contributed by atoms with Crippen LogP contribution in [-0.2, 0) is 28.2 Å². The zero-order valence-corrected chi connectivity index (χ0v) is 16.2. The van der Waals surface area contributed by atoms with Crippen LogP contribution in [-0.4, -0.2) is 36.5 Å². The van der Waals surface area contributed by atoms with Crippen molar-refractivity contribution in [3.05, 3.63) is 71.2 Å². The molecule has 0 bridgehead atoms. The number of hydrogen-bond donors (Lipinski definition) is 1. The average molecular weight is 425 g/mol. The highest BCUT2D eigenvalue weighted by Gasteiger charge is 2.30. The van der Waals surface area contributed by atoms with Gasteiger partial charge in [-0.2, -0.15) is 13.2 Å². The van der Waals surface area contributed by atoms with Crippen molar-refractivity contribution in [2.75, 3.05) is 12.8 Å². The second-order valence-electron chi connectivity index (χ2n) is 6.69. The minimum atomic E-state index is -4.43. The van der Waals surface area contributed by atoms with Gasteiger partial charge in [-0.15, -0.1) is 0 Å². The van der Waals surface area contributed by atoms with Crippen molar-refractivity contribution in [2.45, 2.75) is 18.3 Å². The minimum Gasteiger partial charge on any atom is -0.352 e. The number of aromatic nitrogens is 2. The molecule has 3 rings (SSSR count). The van der Waals surface area contributed by atoms with Crippen molar-refractivity contribution >= 4 is 21.4 Å². The molecule has 2 aromatic heterocycles. The second-order valence-corrected chi connectivity index (χ2v) is 8.83. The topological polar surface area (TPSA) is 80.5 Å². The summed E-state index contributed by atoms with van der Waals surface area (Å²) < 4.78 is 62.2. The van der Waals surface area contributed by atoms with Crippen LogP contribution in [0.4, 0.5) is 13.2 Å². The number of carbonyl (C=O) groups is 1. The Morgan fingerprint density at radius 2 is 1.79 bits per heavy atom. The Morgan fingerprint density at radius 3 is 2.41 bits per heavy atom. The number of carbonyl (C=O) groups excluding carboxylic acids is 1. The number of benzene rings is 1. The van der Waals surface area contributed by atoms with E-state index >= 15 is 0 Å². The van der Waals surface area contributed by atoms with Crippen molar-refractivity contribution in [3.63, 3.8) is 0 Å². The Morgan fingerprint density at radius 1 is 1.10 bits per heavy atom. The van der Waals surface area contributed by atoms with E-state index < -0.39 is 21.6 Å². The highest BCUT2D eigenvalue weighted by Crippen LogP contribution is 2.29. The summed E-state index contributed by atoms with van der Waals surface area (Å²) in [7, 11) is -3.15. The van der Waals surface area contributed by atoms with Gasteiger partial charge in [0, 0.05) is 37.2 Å². The van der Waals surface area contributed by atoms with Crippen LogP contribution in [0.5, 0.6) is 0 Å². The molecular weight excluding hydrogens is 407 g/mol. The van der Waals surface area contributed by atoms with E-state index in [1.54, 1.807) is 24.3 Å². The Balaban J connectivity index is 1.58. The summed E-state index contributed by atoms with van der Waals surface area (Å²) in [5.74, 6) is -0.433. The van der Waals surface area contributed by atoms with Crippen LogP contribution in [0.25, 0.3) is 5.65 Å². The molecule has 1 N–H and O–H groups in total. The Hall–Kier alpha value is -2.88. The van der Waals surface area contributed by atoms with Gasteiger partial charge in [-0.3, -0.25) is 4.79 Å². The average Bonchev–Trinajstić information content (AvgIpc) is 3.02. The van der Waals surface area contributed by atoms with Gasteiger partial charge < -0.3 is 9.72 Å². The van der Waals surface area contributed by atoms with Crippen molar-refractivity contribution in [2.24, 2.45) is 0 Å². The fourth-order valence-electron chi connectivity index (χ4n) is 2.79. The van der Waals surface area contributed by atoms with Gasteiger partial charge in [0.1, 0.15) is 5.65 Å². The summed E-state index contributed by atoms with van der Waals surface area (Å²) >= 11 is 0. The molecule has 0 radical (unpaired) electrons. The predicted octanol–water partition coefficient (Wildman–Crippen LogP) is 2.87. The highest BCUT2D eigenvalue weighted by atomic mass is 32.2. The fourth-order valence-corrected chi connectivity index (χ4v) is 3.59. The number of pyridine rings is 1. The van der Waals surface area contributed by atoms with Gasteiger partial charge in [-0.05, 0) is 29.8 Å². The normalized spacial score (nSPS) is 12.3. The summed E-state index contributed by atoms with van der Waals surface area (Å²) in [6, 6.07) is 8.51. The number of hydrogen-bond acceptors (Lipinski definition) is 4. The summed E-state index contributed by atoms with van der Waals surface area (Å²) in [6.07, 6.45) is -0.472. The molecule has 10 heteroatoms. The zero-order chi connectivity index (χ0) is 21.2. The predicted molar refractivity (Wildman–Crippen MR) is 101 cm³/mol. The first-order valence-corrected chi connectivity index (χ1v) is 10.7. The number of nitrogens with one attached hydrogen (secondary N) is 1. The van der Waals surface area contributed by atoms with Gasteiger partial charge in [-0.1, -0.05) is 12.1 Å². The molecule has 3 aromatic rings. The van der Waals surface area contributed by atoms with Crippen molar-refractivity contribution in [1.29, 1.82) is 0 Å². The smallest absolute Gasteiger partial charge is 0.352 e. The van der Waals surface area contributed by atoms with Crippen LogP contribution in [0.2, 0.25) is 0 Å². The SMILES string of the molecule is CS(=O)(=O)Cc1ccc(C(=O)NCCc2cn3cc(C(F)(F)F)ccc3n2)cc1. The molecule has 0 fully saturated rings. The summed E-state index contributed by atoms with van der Waals surface area (Å²) in [6.45, 7) is 0.250. The Bertz CT molecular complexity index is 1140. The second kappa shape index (κ2) is 7.86. The molecule has 0 saturated heterocycles. The lowest BCUT2D eigenvalue weighted by Crippen LogP contribution is -2.25. The number of alkyl halides is 3. The molecule has 29 heavy (non-hydrogen) atoms. The van der Waals surface area contributed by atoms with E-state index in [9.17, 15) is 26.4 Å². The number of sulfone groups is 1. The molecule has 1 aromatic carbocycles. The summed E-state index contributed by atoms with van der Waals surface area (Å²) in [5.41, 5.74) is 1.15. The zero-order valence-electron chi connectivity index (χ0n) is 15.4. The number of halogens is 3. The lowest BCUT2D eigenvalue weighted by molar-refractivity contribution is -0.137. The Labute approximate surface area is 165 Å². The van der Waals surface area contributed by atoms with Crippen LogP contribution < -0.4 is 5.32 Å². The van der Waals surface area contributed by atoms with Gasteiger partial charge in [0.25, 0.3) is 5.91 Å². The lowest BCUT2D eigenvalue weighted by atomic mass is 10.1. The molecule has 0 atom stereocenters. The van der Waals surface area contributed by atoms with Gasteiger partial charge in [0.2, 0.25) is 0 Å². The van der Waals surface area contributed by atoms with E-state index in [1.807, 2.05) is 0 Å². The van der Waals surface area contributed by atoms with E-state index in [2.05, 4.69) is 10.3 Å². The first-order chi connectivity index (χ1) is 13.5. The van der Waals surface area contributed by atoms with Gasteiger partial charge >= 0.3 is 6.18 Å². The van der Waals surface area contributed by atoms with Crippen molar-refractivity contribution in [3.8, 4) is 0 Å². The molecule has 1 amide bonds. The quantitative estimate of drug-likeness (QED) is 0.659. The van der Waals surface area contributed by atoms with E-state index in [-0.39, 0.29) is 18.2 Å². The molecular formula is C19H18F3N3O3S. The molecule has 6 nitrogen and oxygen atoms in total. The maximum Gasteiger partial charge on any atom is 0.417 e. The van der Waals surface area contributed by atoms with Gasteiger partial charge in [0.15, 0.2) is 9.84 Å². The van der Waals surface area contributed by atoms with E-state index in [0.717, 1.165) is 18.5 Å². The number of imidazole rings is 1. The summed E-state index contributed by atoms with van der Waals surface area (Å²) in [5, 5.41) is 2.71. The maximum atomic E-state index is 12.8. The van der Waals surface area contributed by atoms with Gasteiger partial charge in [0.05, 0.1) is 17.0 Å². The molecule has 0 aliphatic rings. The molecule has 2 heterocycles. The maximum absolute atomic E-state index is 12.8. The molecule has 154 valence electrons. The van der Waals surface area contributed by atoms with Crippen LogP contribution >= 0.6 is 0 Å². The number of fused-ring (bicyclic) bond motifs is 1. The molecule has 0 unspecified atom stereocenters. The monoisotopic (exact) mass is 425 g/mol. The third-order valence-corrected chi connectivity index (χ3v) is 5.00. The molecule has 0 aliphatic heterocycles. The number of amides is 1. The lowest BCUT2D eigenvalue weighted by Gasteiger charge is -2.06. The van der Waals surface area contributed by atoms with Gasteiger partial charge in [-0.25, -0.2) is 13.4 Å². The molecule has 0 spiro atoms. The first kappa shape index (κ1) is 20.8. The van der Waals surface area contributed by atoms with Crippen LogP contribution in [0.15, 0.2) is 48.8 Å². The first-order valence-electron chi connectivity index (χ1n) is 8.61. The van der Waals surface area contributed by atoms with E-state index in [4.69, 9.17) is 0 Å². The Kier molecular flexibility index (Phi) is 5.65. The van der Waals surface area contributed by atoms with E-state index in [1.165, 1.54) is 16.7 Å². The largest absolute Gasteiger partial charge is 0.417 e. The number of nitrogens with zero attached hydrogens (tertiary/aromatic N) is 2. The minimum absolute atomic E-state index is 0.0984. The standard InChI is InChI=1S/C19H18F3N3O3S/c1-29(27,28)12-13-2-4-14(5-3-13)18(26)23-9-8-16-11-25-10-15(19(20,21)22)6-7-17(25)24-16/h2-7,10-11H,8-9,12H2,1H3,(H,23,26). The third-order valence-electron chi connectivity index (χ3n) is 4.14. The van der Waals surface area contributed by atoms with Crippen LogP contribution in [0.1, 0.15) is 27.2 Å². The molecule has 0 aliphatic carbocycles. The van der Waals surface area contributed by atoms with Crippen LogP contribution in [0.3, 0.4) is 0 Å². The molecule has 0 saturated carbocycles. The highest BCUT2D eigenvalue weighted by molar-refractivity contribution is 7.89.